The van der Waals surface area contributed by atoms with Crippen LogP contribution in [0.1, 0.15) is 18.4 Å². The molecule has 0 atom stereocenters. The number of nitrogens with two attached hydrogens (primary N) is 1. The molecule has 3 rings (SSSR count). The van der Waals surface area contributed by atoms with Crippen molar-refractivity contribution in [3.8, 4) is 0 Å². The van der Waals surface area contributed by atoms with Crippen LogP contribution in [0.25, 0.3) is 10.8 Å². The summed E-state index contributed by atoms with van der Waals surface area (Å²) in [5.41, 5.74) is 8.19. The minimum atomic E-state index is 0.557. The molecular formula is C17H24N4. The van der Waals surface area contributed by atoms with Gasteiger partial charge in [0.1, 0.15) is 5.82 Å². The summed E-state index contributed by atoms with van der Waals surface area (Å²) >= 11 is 0. The molecule has 0 unspecified atom stereocenters. The minimum Gasteiger partial charge on any atom is -0.398 e. The predicted octanol–water partition coefficient (Wildman–Crippen LogP) is 2.66. The average molecular weight is 284 g/mol. The molecule has 4 nitrogen and oxygen atoms in total. The molecule has 0 radical (unpaired) electrons. The van der Waals surface area contributed by atoms with E-state index in [1.807, 2.05) is 18.3 Å². The minimum absolute atomic E-state index is 0.557. The van der Waals surface area contributed by atoms with Crippen LogP contribution in [0.5, 0.6) is 0 Å². The van der Waals surface area contributed by atoms with Gasteiger partial charge in [-0.05, 0) is 63.7 Å². The second-order valence-corrected chi connectivity index (χ2v) is 6.23. The third-order valence-corrected chi connectivity index (χ3v) is 4.61. The maximum absolute atomic E-state index is 6.17. The molecule has 0 saturated carbocycles. The van der Waals surface area contributed by atoms with Crippen molar-refractivity contribution in [2.75, 3.05) is 37.8 Å². The van der Waals surface area contributed by atoms with E-state index >= 15 is 0 Å². The normalized spacial score (nSPS) is 17.3. The van der Waals surface area contributed by atoms with Gasteiger partial charge < -0.3 is 15.5 Å². The zero-order valence-electron chi connectivity index (χ0n) is 13.1. The molecule has 1 aromatic heterocycles. The Morgan fingerprint density at radius 1 is 1.24 bits per heavy atom. The summed E-state index contributed by atoms with van der Waals surface area (Å²) in [6, 6.07) is 6.79. The van der Waals surface area contributed by atoms with Crippen LogP contribution in [0, 0.1) is 6.92 Å². The zero-order valence-corrected chi connectivity index (χ0v) is 13.1. The van der Waals surface area contributed by atoms with Crippen LogP contribution in [0.4, 0.5) is 11.5 Å². The van der Waals surface area contributed by atoms with Crippen molar-refractivity contribution >= 4 is 22.3 Å². The first-order valence-corrected chi connectivity index (χ1v) is 7.62. The number of pyridine rings is 1. The number of benzene rings is 1. The molecule has 1 aliphatic heterocycles. The lowest BCUT2D eigenvalue weighted by atomic mass is 10.0. The van der Waals surface area contributed by atoms with Crippen molar-refractivity contribution in [2.45, 2.75) is 25.8 Å². The monoisotopic (exact) mass is 284 g/mol. The van der Waals surface area contributed by atoms with E-state index in [0.29, 0.717) is 6.04 Å². The Bertz CT molecular complexity index is 645. The highest BCUT2D eigenvalue weighted by Gasteiger charge is 2.22. The first kappa shape index (κ1) is 14.1. The standard InChI is InChI=1S/C17H24N4/c1-12-10-15-14(16(18)11-12)4-7-19-17(15)21(3)13-5-8-20(2)9-6-13/h4,7,10-11,13H,5-6,8-9,18H2,1-3H3. The van der Waals surface area contributed by atoms with E-state index in [9.17, 15) is 0 Å². The highest BCUT2D eigenvalue weighted by atomic mass is 15.2. The van der Waals surface area contributed by atoms with Crippen LogP contribution in [-0.4, -0.2) is 43.1 Å². The molecule has 1 fully saturated rings. The Morgan fingerprint density at radius 3 is 2.67 bits per heavy atom. The van der Waals surface area contributed by atoms with E-state index < -0.39 is 0 Å². The van der Waals surface area contributed by atoms with E-state index in [-0.39, 0.29) is 0 Å². The average Bonchev–Trinajstić information content (AvgIpc) is 2.46. The lowest BCUT2D eigenvalue weighted by molar-refractivity contribution is 0.252. The fourth-order valence-electron chi connectivity index (χ4n) is 3.28. The van der Waals surface area contributed by atoms with Crippen molar-refractivity contribution in [2.24, 2.45) is 0 Å². The van der Waals surface area contributed by atoms with E-state index in [1.165, 1.54) is 18.4 Å². The number of hydrogen-bond acceptors (Lipinski definition) is 4. The van der Waals surface area contributed by atoms with Crippen molar-refractivity contribution in [1.82, 2.24) is 9.88 Å². The smallest absolute Gasteiger partial charge is 0.136 e. The number of fused-ring (bicyclic) bond motifs is 1. The summed E-state index contributed by atoms with van der Waals surface area (Å²) in [5.74, 6) is 1.05. The third-order valence-electron chi connectivity index (χ3n) is 4.61. The fraction of sp³-hybridized carbons (Fsp3) is 0.471. The molecular weight excluding hydrogens is 260 g/mol. The van der Waals surface area contributed by atoms with E-state index in [2.05, 4.69) is 41.9 Å². The van der Waals surface area contributed by atoms with Crippen LogP contribution in [-0.2, 0) is 0 Å². The van der Waals surface area contributed by atoms with Gasteiger partial charge in [0.2, 0.25) is 0 Å². The van der Waals surface area contributed by atoms with Crippen LogP contribution in [0.3, 0.4) is 0 Å². The molecule has 0 spiro atoms. The topological polar surface area (TPSA) is 45.4 Å². The molecule has 0 bridgehead atoms. The van der Waals surface area contributed by atoms with Gasteiger partial charge in [0.05, 0.1) is 0 Å². The Hall–Kier alpha value is -1.81. The maximum atomic E-state index is 6.17. The van der Waals surface area contributed by atoms with Crippen LogP contribution < -0.4 is 10.6 Å². The summed E-state index contributed by atoms with van der Waals surface area (Å²) in [5, 5.41) is 2.27. The SMILES string of the molecule is Cc1cc(N)c2ccnc(N(C)C3CCN(C)CC3)c2c1. The number of piperidine rings is 1. The molecule has 4 heteroatoms. The van der Waals surface area contributed by atoms with Crippen molar-refractivity contribution in [1.29, 1.82) is 0 Å². The van der Waals surface area contributed by atoms with Crippen LogP contribution in [0.15, 0.2) is 24.4 Å². The second kappa shape index (κ2) is 5.53. The highest BCUT2D eigenvalue weighted by Crippen LogP contribution is 2.31. The van der Waals surface area contributed by atoms with Gasteiger partial charge >= 0.3 is 0 Å². The Labute approximate surface area is 126 Å². The summed E-state index contributed by atoms with van der Waals surface area (Å²) in [6.07, 6.45) is 4.24. The lowest BCUT2D eigenvalue weighted by Gasteiger charge is -2.36. The van der Waals surface area contributed by atoms with Gasteiger partial charge in [0.15, 0.2) is 0 Å². The number of hydrogen-bond donors (Lipinski definition) is 1. The van der Waals surface area contributed by atoms with Gasteiger partial charge in [0, 0.05) is 35.7 Å². The van der Waals surface area contributed by atoms with Gasteiger partial charge in [-0.1, -0.05) is 0 Å². The number of aryl methyl sites for hydroxylation is 1. The maximum Gasteiger partial charge on any atom is 0.136 e. The number of rotatable bonds is 2. The molecule has 2 aromatic rings. The van der Waals surface area contributed by atoms with E-state index in [1.54, 1.807) is 0 Å². The molecule has 2 N–H and O–H groups in total. The number of nitrogens with zero attached hydrogens (tertiary/aromatic N) is 3. The number of likely N-dealkylation sites (tertiary alicyclic amines) is 1. The van der Waals surface area contributed by atoms with Crippen molar-refractivity contribution in [3.05, 3.63) is 30.0 Å². The number of anilines is 2. The van der Waals surface area contributed by atoms with Gasteiger partial charge in [-0.2, -0.15) is 0 Å². The molecule has 112 valence electrons. The van der Waals surface area contributed by atoms with Crippen LogP contribution >= 0.6 is 0 Å². The summed E-state index contributed by atoms with van der Waals surface area (Å²) in [6.45, 7) is 4.39. The van der Waals surface area contributed by atoms with Gasteiger partial charge in [-0.25, -0.2) is 4.98 Å². The largest absolute Gasteiger partial charge is 0.398 e. The molecule has 0 amide bonds. The van der Waals surface area contributed by atoms with Gasteiger partial charge in [-0.3, -0.25) is 0 Å². The number of aromatic nitrogens is 1. The van der Waals surface area contributed by atoms with E-state index in [0.717, 1.165) is 35.4 Å². The predicted molar refractivity (Wildman–Crippen MR) is 89.8 cm³/mol. The summed E-state index contributed by atoms with van der Waals surface area (Å²) in [7, 11) is 4.35. The Kier molecular flexibility index (Phi) is 3.72. The fourth-order valence-corrected chi connectivity index (χ4v) is 3.28. The molecule has 2 heterocycles. The third kappa shape index (κ3) is 2.68. The summed E-state index contributed by atoms with van der Waals surface area (Å²) in [4.78, 5) is 9.37. The van der Waals surface area contributed by atoms with Gasteiger partial charge in [-0.15, -0.1) is 0 Å². The first-order valence-electron chi connectivity index (χ1n) is 7.62. The quantitative estimate of drug-likeness (QED) is 0.861. The first-order chi connectivity index (χ1) is 10.1. The lowest BCUT2D eigenvalue weighted by Crippen LogP contribution is -2.42. The van der Waals surface area contributed by atoms with E-state index in [4.69, 9.17) is 5.73 Å². The Balaban J connectivity index is 2.00. The second-order valence-electron chi connectivity index (χ2n) is 6.23. The van der Waals surface area contributed by atoms with Crippen molar-refractivity contribution < 1.29 is 0 Å². The zero-order chi connectivity index (χ0) is 15.0. The van der Waals surface area contributed by atoms with Gasteiger partial charge in [0.25, 0.3) is 0 Å². The molecule has 0 aliphatic carbocycles. The molecule has 1 saturated heterocycles. The molecule has 1 aliphatic rings. The van der Waals surface area contributed by atoms with Crippen molar-refractivity contribution in [3.63, 3.8) is 0 Å². The molecule has 21 heavy (non-hydrogen) atoms. The van der Waals surface area contributed by atoms with Crippen LogP contribution in [0.2, 0.25) is 0 Å². The number of nitrogen functional groups attached to an aromatic ring is 1. The molecule has 1 aromatic carbocycles. The Morgan fingerprint density at radius 2 is 1.95 bits per heavy atom. The summed E-state index contributed by atoms with van der Waals surface area (Å²) < 4.78 is 0. The highest BCUT2D eigenvalue weighted by molar-refractivity contribution is 6.00.